The Bertz CT molecular complexity index is 949. The lowest BCUT2D eigenvalue weighted by atomic mass is 10.1. The summed E-state index contributed by atoms with van der Waals surface area (Å²) in [6.07, 6.45) is 4.83. The molecule has 1 amide bonds. The second-order valence-corrected chi connectivity index (χ2v) is 9.10. The zero-order valence-electron chi connectivity index (χ0n) is 16.1. The Morgan fingerprint density at radius 3 is 2.66 bits per heavy atom. The molecular weight excluding hydrogens is 426 g/mol. The molecule has 2 aromatic rings. The number of carboxylic acid groups (broad SMARTS) is 1. The van der Waals surface area contributed by atoms with Crippen LogP contribution in [0.3, 0.4) is 0 Å². The van der Waals surface area contributed by atoms with Crippen molar-refractivity contribution >= 4 is 58.0 Å². The number of hydrogen-bond donors (Lipinski definition) is 1. The third kappa shape index (κ3) is 4.94. The van der Waals surface area contributed by atoms with Crippen molar-refractivity contribution in [1.82, 2.24) is 4.90 Å². The molecule has 0 spiro atoms. The van der Waals surface area contributed by atoms with Gasteiger partial charge in [0.05, 0.1) is 4.91 Å². The van der Waals surface area contributed by atoms with E-state index in [2.05, 4.69) is 19.1 Å². The van der Waals surface area contributed by atoms with Gasteiger partial charge in [-0.15, -0.1) is 0 Å². The highest BCUT2D eigenvalue weighted by Crippen LogP contribution is 2.35. The van der Waals surface area contributed by atoms with Gasteiger partial charge >= 0.3 is 5.97 Å². The van der Waals surface area contributed by atoms with Crippen LogP contribution in [0.25, 0.3) is 17.4 Å². The van der Waals surface area contributed by atoms with Gasteiger partial charge in [0.1, 0.15) is 21.9 Å². The Kier molecular flexibility index (Phi) is 7.21. The van der Waals surface area contributed by atoms with Crippen molar-refractivity contribution in [2.45, 2.75) is 25.8 Å². The summed E-state index contributed by atoms with van der Waals surface area (Å²) in [6.45, 7) is 2.10. The molecule has 1 aromatic carbocycles. The first kappa shape index (κ1) is 21.7. The molecule has 0 aliphatic carbocycles. The van der Waals surface area contributed by atoms with Crippen molar-refractivity contribution in [2.24, 2.45) is 0 Å². The predicted molar refractivity (Wildman–Crippen MR) is 123 cm³/mol. The van der Waals surface area contributed by atoms with E-state index in [1.807, 2.05) is 24.5 Å². The molecule has 8 heteroatoms. The molecule has 0 unspecified atom stereocenters. The van der Waals surface area contributed by atoms with E-state index < -0.39 is 17.9 Å². The van der Waals surface area contributed by atoms with E-state index in [1.54, 1.807) is 12.1 Å². The van der Waals surface area contributed by atoms with Gasteiger partial charge in [0.2, 0.25) is 0 Å². The van der Waals surface area contributed by atoms with Crippen molar-refractivity contribution in [1.29, 1.82) is 0 Å². The number of carbonyl (C=O) groups is 2. The third-order valence-corrected chi connectivity index (χ3v) is 6.54. The number of thiocarbonyl (C=S) groups is 1. The number of carbonyl (C=O) groups excluding carboxylic acids is 1. The highest BCUT2D eigenvalue weighted by molar-refractivity contribution is 8.26. The Hall–Kier alpha value is -2.03. The minimum atomic E-state index is -1.05. The Labute approximate surface area is 183 Å². The second-order valence-electron chi connectivity index (χ2n) is 6.44. The van der Waals surface area contributed by atoms with E-state index >= 15 is 0 Å². The molecule has 29 heavy (non-hydrogen) atoms. The molecule has 1 aliphatic heterocycles. The Morgan fingerprint density at radius 1 is 1.31 bits per heavy atom. The summed E-state index contributed by atoms with van der Waals surface area (Å²) in [5, 5.41) is 9.53. The molecule has 0 radical (unpaired) electrons. The summed E-state index contributed by atoms with van der Waals surface area (Å²) in [5.41, 5.74) is 2.20. The molecule has 5 nitrogen and oxygen atoms in total. The fourth-order valence-corrected chi connectivity index (χ4v) is 4.76. The van der Waals surface area contributed by atoms with Gasteiger partial charge in [0.15, 0.2) is 0 Å². The number of benzene rings is 1. The predicted octanol–water partition coefficient (Wildman–Crippen LogP) is 4.92. The highest BCUT2D eigenvalue weighted by Gasteiger charge is 2.40. The summed E-state index contributed by atoms with van der Waals surface area (Å²) in [4.78, 5) is 26.0. The first-order valence-electron chi connectivity index (χ1n) is 9.12. The standard InChI is InChI=1S/C21H21NO4S3/c1-3-13-4-6-14(7-5-13)17-9-8-15(26-17)12-18-19(23)22(21(27)29-18)16(20(24)25)10-11-28-2/h4-9,12,16H,3,10-11H2,1-2H3,(H,24,25)/b18-12-/t16-/m0/s1. The summed E-state index contributed by atoms with van der Waals surface area (Å²) in [7, 11) is 0. The number of furan rings is 1. The van der Waals surface area contributed by atoms with Crippen LogP contribution in [-0.2, 0) is 16.0 Å². The maximum absolute atomic E-state index is 12.8. The van der Waals surface area contributed by atoms with Crippen LogP contribution < -0.4 is 0 Å². The van der Waals surface area contributed by atoms with Gasteiger partial charge < -0.3 is 9.52 Å². The first-order chi connectivity index (χ1) is 13.9. The van der Waals surface area contributed by atoms with Crippen molar-refractivity contribution in [2.75, 3.05) is 12.0 Å². The summed E-state index contributed by atoms with van der Waals surface area (Å²) >= 11 is 7.93. The van der Waals surface area contributed by atoms with E-state index in [0.717, 1.165) is 23.7 Å². The number of aliphatic carboxylic acids is 1. The van der Waals surface area contributed by atoms with E-state index in [9.17, 15) is 14.7 Å². The minimum Gasteiger partial charge on any atom is -0.480 e. The maximum Gasteiger partial charge on any atom is 0.326 e. The van der Waals surface area contributed by atoms with Gasteiger partial charge in [-0.2, -0.15) is 11.8 Å². The van der Waals surface area contributed by atoms with Gasteiger partial charge in [-0.25, -0.2) is 4.79 Å². The lowest BCUT2D eigenvalue weighted by Crippen LogP contribution is -2.44. The molecular formula is C21H21NO4S3. The Balaban J connectivity index is 1.80. The van der Waals surface area contributed by atoms with Crippen LogP contribution in [0, 0.1) is 0 Å². The number of rotatable bonds is 8. The van der Waals surface area contributed by atoms with Crippen molar-refractivity contribution < 1.29 is 19.1 Å². The van der Waals surface area contributed by atoms with Crippen molar-refractivity contribution in [3.63, 3.8) is 0 Å². The smallest absolute Gasteiger partial charge is 0.326 e. The average molecular weight is 448 g/mol. The van der Waals surface area contributed by atoms with Crippen LogP contribution in [0.2, 0.25) is 0 Å². The molecule has 152 valence electrons. The molecule has 1 aliphatic rings. The van der Waals surface area contributed by atoms with E-state index in [0.29, 0.717) is 28.6 Å². The number of amides is 1. The van der Waals surface area contributed by atoms with E-state index in [4.69, 9.17) is 16.6 Å². The largest absolute Gasteiger partial charge is 0.480 e. The van der Waals surface area contributed by atoms with Crippen molar-refractivity contribution in [3.8, 4) is 11.3 Å². The molecule has 0 saturated carbocycles. The maximum atomic E-state index is 12.8. The second kappa shape index (κ2) is 9.65. The molecule has 3 rings (SSSR count). The highest BCUT2D eigenvalue weighted by atomic mass is 32.2. The number of hydrogen-bond acceptors (Lipinski definition) is 6. The number of nitrogens with zero attached hydrogens (tertiary/aromatic N) is 1. The van der Waals surface area contributed by atoms with Crippen LogP contribution in [-0.4, -0.2) is 44.3 Å². The fourth-order valence-electron chi connectivity index (χ4n) is 2.96. The molecule has 1 atom stereocenters. The van der Waals surface area contributed by atoms with Crippen LogP contribution in [0.5, 0.6) is 0 Å². The average Bonchev–Trinajstić information content (AvgIpc) is 3.28. The molecule has 1 fully saturated rings. The lowest BCUT2D eigenvalue weighted by molar-refractivity contribution is -0.145. The van der Waals surface area contributed by atoms with Crippen LogP contribution in [0.15, 0.2) is 45.7 Å². The molecule has 1 N–H and O–H groups in total. The topological polar surface area (TPSA) is 70.8 Å². The number of aryl methyl sites for hydroxylation is 1. The van der Waals surface area contributed by atoms with Gasteiger partial charge in [-0.05, 0) is 42.5 Å². The quantitative estimate of drug-likeness (QED) is 0.455. The lowest BCUT2D eigenvalue weighted by Gasteiger charge is -2.22. The molecule has 0 bridgehead atoms. The molecule has 1 aromatic heterocycles. The van der Waals surface area contributed by atoms with Crippen molar-refractivity contribution in [3.05, 3.63) is 52.6 Å². The van der Waals surface area contributed by atoms with Gasteiger partial charge in [-0.1, -0.05) is 55.2 Å². The van der Waals surface area contributed by atoms with Crippen LogP contribution >= 0.6 is 35.7 Å². The monoisotopic (exact) mass is 447 g/mol. The summed E-state index contributed by atoms with van der Waals surface area (Å²) < 4.78 is 6.13. The molecule has 2 heterocycles. The zero-order chi connectivity index (χ0) is 21.0. The van der Waals surface area contributed by atoms with E-state index in [-0.39, 0.29) is 4.32 Å². The third-order valence-electron chi connectivity index (χ3n) is 4.56. The van der Waals surface area contributed by atoms with Crippen LogP contribution in [0.1, 0.15) is 24.7 Å². The van der Waals surface area contributed by atoms with E-state index in [1.165, 1.54) is 22.2 Å². The number of thioether (sulfide) groups is 2. The summed E-state index contributed by atoms with van der Waals surface area (Å²) in [6, 6.07) is 10.8. The molecule has 1 saturated heterocycles. The van der Waals surface area contributed by atoms with Crippen LogP contribution in [0.4, 0.5) is 0 Å². The zero-order valence-corrected chi connectivity index (χ0v) is 18.5. The first-order valence-corrected chi connectivity index (χ1v) is 11.7. The number of carboxylic acids is 1. The Morgan fingerprint density at radius 2 is 2.03 bits per heavy atom. The normalized spacial score (nSPS) is 16.6. The fraction of sp³-hybridized carbons (Fsp3) is 0.286. The summed E-state index contributed by atoms with van der Waals surface area (Å²) in [5.74, 6) is 0.422. The van der Waals surface area contributed by atoms with Gasteiger partial charge in [0, 0.05) is 11.6 Å². The van der Waals surface area contributed by atoms with Gasteiger partial charge in [0.25, 0.3) is 5.91 Å². The SMILES string of the molecule is CCc1ccc(-c2ccc(/C=C3\SC(=S)N([C@@H](CCSC)C(=O)O)C3=O)o2)cc1. The minimum absolute atomic E-state index is 0.261. The van der Waals surface area contributed by atoms with Gasteiger partial charge in [-0.3, -0.25) is 9.69 Å².